The number of methoxy groups -OCH3 is 1. The fourth-order valence-corrected chi connectivity index (χ4v) is 5.26. The lowest BCUT2D eigenvalue weighted by Gasteiger charge is -2.26. The number of allylic oxidation sites excluding steroid dienone is 2. The van der Waals surface area contributed by atoms with E-state index in [1.807, 2.05) is 38.1 Å². The number of phenolic OH excluding ortho intramolecular Hbond substituents is 1. The summed E-state index contributed by atoms with van der Waals surface area (Å²) >= 11 is 0. The number of fused-ring (bicyclic) bond motifs is 1. The van der Waals surface area contributed by atoms with Crippen molar-refractivity contribution in [3.05, 3.63) is 57.8 Å². The third-order valence-electron chi connectivity index (χ3n) is 7.76. The first kappa shape index (κ1) is 30.9. The summed E-state index contributed by atoms with van der Waals surface area (Å²) in [5.74, 6) is 1.33. The molecule has 0 amide bonds. The molecule has 0 radical (unpaired) electrons. The molecule has 2 saturated heterocycles. The van der Waals surface area contributed by atoms with Crippen LogP contribution in [0.3, 0.4) is 0 Å². The van der Waals surface area contributed by atoms with Gasteiger partial charge in [-0.25, -0.2) is 0 Å². The maximum Gasteiger partial charge on any atom is 0.239 e. The quantitative estimate of drug-likeness (QED) is 0.308. The Labute approximate surface area is 252 Å². The van der Waals surface area contributed by atoms with E-state index in [1.165, 1.54) is 6.07 Å². The summed E-state index contributed by atoms with van der Waals surface area (Å²) in [7, 11) is 1.60. The number of hydrogen-bond donors (Lipinski definition) is 1. The van der Waals surface area contributed by atoms with Crippen LogP contribution in [-0.2, 0) is 15.9 Å². The van der Waals surface area contributed by atoms with Crippen LogP contribution in [0.5, 0.6) is 23.0 Å². The van der Waals surface area contributed by atoms with Crippen molar-refractivity contribution in [1.82, 2.24) is 9.80 Å². The molecule has 3 heterocycles. The Hall–Kier alpha value is -3.57. The number of benzene rings is 2. The van der Waals surface area contributed by atoms with Crippen LogP contribution in [-0.4, -0.2) is 101 Å². The summed E-state index contributed by atoms with van der Waals surface area (Å²) in [5.41, 5.74) is 2.33. The second kappa shape index (κ2) is 14.7. The highest BCUT2D eigenvalue weighted by molar-refractivity contribution is 5.91. The molecule has 0 spiro atoms. The van der Waals surface area contributed by atoms with Gasteiger partial charge in [-0.15, -0.1) is 0 Å². The van der Waals surface area contributed by atoms with Gasteiger partial charge in [0.1, 0.15) is 41.4 Å². The molecule has 10 nitrogen and oxygen atoms in total. The molecular weight excluding hydrogens is 552 g/mol. The lowest BCUT2D eigenvalue weighted by Crippen LogP contribution is -2.38. The maximum absolute atomic E-state index is 14.1. The Morgan fingerprint density at radius 3 is 2.12 bits per heavy atom. The van der Waals surface area contributed by atoms with Crippen molar-refractivity contribution >= 4 is 11.0 Å². The summed E-state index contributed by atoms with van der Waals surface area (Å²) in [4.78, 5) is 18.6. The summed E-state index contributed by atoms with van der Waals surface area (Å²) in [6.45, 7) is 12.2. The number of ether oxygens (including phenoxy) is 5. The molecule has 5 rings (SSSR count). The van der Waals surface area contributed by atoms with Crippen molar-refractivity contribution in [2.75, 3.05) is 86.0 Å². The van der Waals surface area contributed by atoms with Crippen molar-refractivity contribution in [3.8, 4) is 34.3 Å². The molecular formula is C33H42N2O8. The van der Waals surface area contributed by atoms with Crippen LogP contribution < -0.4 is 19.6 Å². The van der Waals surface area contributed by atoms with Crippen LogP contribution in [0.15, 0.2) is 51.2 Å². The number of rotatable bonds is 12. The molecule has 3 aromatic rings. The van der Waals surface area contributed by atoms with Gasteiger partial charge in [-0.05, 0) is 44.5 Å². The second-order valence-corrected chi connectivity index (χ2v) is 11.0. The lowest BCUT2D eigenvalue weighted by atomic mass is 10.0. The minimum absolute atomic E-state index is 0.0652. The second-order valence-electron chi connectivity index (χ2n) is 11.0. The average Bonchev–Trinajstić information content (AvgIpc) is 3.02. The summed E-state index contributed by atoms with van der Waals surface area (Å²) < 4.78 is 35.2. The van der Waals surface area contributed by atoms with Crippen LogP contribution in [0.25, 0.3) is 22.3 Å². The molecule has 2 aliphatic rings. The highest BCUT2D eigenvalue weighted by Gasteiger charge is 2.25. The molecule has 10 heteroatoms. The number of aromatic hydroxyl groups is 1. The van der Waals surface area contributed by atoms with E-state index < -0.39 is 5.43 Å². The zero-order valence-corrected chi connectivity index (χ0v) is 25.4. The molecule has 1 N–H and O–H groups in total. The van der Waals surface area contributed by atoms with E-state index >= 15 is 0 Å². The topological polar surface area (TPSA) is 103 Å². The standard InChI is InChI=1S/C33H42N2O8/c1-23(2)4-9-26-28(41-20-14-34-10-16-39-17-11-34)22-27(36)29-30(37)33(42-21-15-35-12-18-40-19-13-35)31(43-32(26)29)24-5-7-25(38-3)8-6-24/h4-8,22,36H,9-21H2,1-3H3. The third-order valence-corrected chi connectivity index (χ3v) is 7.76. The van der Waals surface area contributed by atoms with Gasteiger partial charge in [-0.2, -0.15) is 0 Å². The fourth-order valence-electron chi connectivity index (χ4n) is 5.26. The van der Waals surface area contributed by atoms with Gasteiger partial charge < -0.3 is 33.2 Å². The maximum atomic E-state index is 14.1. The van der Waals surface area contributed by atoms with Crippen molar-refractivity contribution in [1.29, 1.82) is 0 Å². The normalized spacial score (nSPS) is 16.3. The van der Waals surface area contributed by atoms with Crippen molar-refractivity contribution in [2.24, 2.45) is 0 Å². The average molecular weight is 595 g/mol. The van der Waals surface area contributed by atoms with Gasteiger partial charge in [0, 0.05) is 56.5 Å². The largest absolute Gasteiger partial charge is 0.507 e. The predicted octanol–water partition coefficient (Wildman–Crippen LogP) is 4.10. The Bertz CT molecular complexity index is 1450. The molecule has 43 heavy (non-hydrogen) atoms. The van der Waals surface area contributed by atoms with Crippen molar-refractivity contribution < 1.29 is 33.2 Å². The van der Waals surface area contributed by atoms with Gasteiger partial charge in [0.15, 0.2) is 5.76 Å². The van der Waals surface area contributed by atoms with Crippen LogP contribution in [0.1, 0.15) is 19.4 Å². The molecule has 1 aromatic heterocycles. The van der Waals surface area contributed by atoms with E-state index in [9.17, 15) is 9.90 Å². The van der Waals surface area contributed by atoms with Crippen LogP contribution in [0, 0.1) is 0 Å². The highest BCUT2D eigenvalue weighted by Crippen LogP contribution is 2.40. The van der Waals surface area contributed by atoms with E-state index in [2.05, 4.69) is 15.9 Å². The first-order valence-electron chi connectivity index (χ1n) is 14.9. The van der Waals surface area contributed by atoms with Crippen LogP contribution in [0.2, 0.25) is 0 Å². The molecule has 0 saturated carbocycles. The van der Waals surface area contributed by atoms with E-state index in [4.69, 9.17) is 28.1 Å². The molecule has 0 bridgehead atoms. The van der Waals surface area contributed by atoms with Crippen LogP contribution in [0.4, 0.5) is 0 Å². The van der Waals surface area contributed by atoms with Gasteiger partial charge in [-0.1, -0.05) is 11.6 Å². The van der Waals surface area contributed by atoms with Gasteiger partial charge in [-0.3, -0.25) is 14.6 Å². The van der Waals surface area contributed by atoms with Gasteiger partial charge in [0.25, 0.3) is 0 Å². The molecule has 2 fully saturated rings. The third kappa shape index (κ3) is 7.69. The minimum atomic E-state index is -0.426. The molecule has 2 aliphatic heterocycles. The van der Waals surface area contributed by atoms with Crippen LogP contribution >= 0.6 is 0 Å². The Morgan fingerprint density at radius 2 is 1.53 bits per heavy atom. The van der Waals surface area contributed by atoms with E-state index in [0.29, 0.717) is 74.4 Å². The highest BCUT2D eigenvalue weighted by atomic mass is 16.5. The Balaban J connectivity index is 1.55. The number of nitrogens with zero attached hydrogens (tertiary/aromatic N) is 2. The zero-order chi connectivity index (χ0) is 30.2. The number of morpholine rings is 2. The number of hydrogen-bond acceptors (Lipinski definition) is 10. The molecule has 0 unspecified atom stereocenters. The summed E-state index contributed by atoms with van der Waals surface area (Å²) in [6, 6.07) is 8.80. The Morgan fingerprint density at radius 1 is 0.930 bits per heavy atom. The predicted molar refractivity (Wildman–Crippen MR) is 165 cm³/mol. The van der Waals surface area contributed by atoms with Gasteiger partial charge >= 0.3 is 0 Å². The number of phenols is 1. The van der Waals surface area contributed by atoms with Crippen molar-refractivity contribution in [3.63, 3.8) is 0 Å². The molecule has 2 aromatic carbocycles. The van der Waals surface area contributed by atoms with Gasteiger partial charge in [0.05, 0.1) is 33.5 Å². The van der Waals surface area contributed by atoms with Gasteiger partial charge in [0.2, 0.25) is 11.2 Å². The zero-order valence-electron chi connectivity index (χ0n) is 25.4. The Kier molecular flexibility index (Phi) is 10.6. The van der Waals surface area contributed by atoms with E-state index in [0.717, 1.165) is 38.3 Å². The summed E-state index contributed by atoms with van der Waals surface area (Å²) in [5, 5.41) is 11.3. The lowest BCUT2D eigenvalue weighted by molar-refractivity contribution is 0.0320. The fraction of sp³-hybridized carbons (Fsp3) is 0.485. The van der Waals surface area contributed by atoms with Crippen molar-refractivity contribution in [2.45, 2.75) is 20.3 Å². The van der Waals surface area contributed by atoms with E-state index in [1.54, 1.807) is 7.11 Å². The first-order chi connectivity index (χ1) is 20.9. The summed E-state index contributed by atoms with van der Waals surface area (Å²) in [6.07, 6.45) is 2.52. The SMILES string of the molecule is COc1ccc(-c2oc3c(CC=C(C)C)c(OCCN4CCOCC4)cc(O)c3c(=O)c2OCCN2CCOCC2)cc1. The monoisotopic (exact) mass is 594 g/mol. The minimum Gasteiger partial charge on any atom is -0.507 e. The molecule has 0 atom stereocenters. The van der Waals surface area contributed by atoms with E-state index in [-0.39, 0.29) is 29.1 Å². The first-order valence-corrected chi connectivity index (χ1v) is 14.9. The molecule has 0 aliphatic carbocycles. The smallest absolute Gasteiger partial charge is 0.239 e. The molecule has 232 valence electrons.